The molecule has 0 rings (SSSR count). The number of carboxylic acids is 1. The Morgan fingerprint density at radius 3 is 2.47 bits per heavy atom. The molecule has 0 saturated carbocycles. The Morgan fingerprint density at radius 1 is 1.40 bits per heavy atom. The van der Waals surface area contributed by atoms with E-state index in [0.717, 1.165) is 6.92 Å². The second kappa shape index (κ2) is 6.20. The fraction of sp³-hybridized carbons (Fsp3) is 0.750. The van der Waals surface area contributed by atoms with Crippen LogP contribution in [0.2, 0.25) is 0 Å². The molecule has 7 nitrogen and oxygen atoms in total. The maximum atomic E-state index is 11.0. The van der Waals surface area contributed by atoms with Gasteiger partial charge in [0.2, 0.25) is 0 Å². The van der Waals surface area contributed by atoms with Gasteiger partial charge in [-0.3, -0.25) is 0 Å². The molecule has 0 fully saturated rings. The summed E-state index contributed by atoms with van der Waals surface area (Å²) in [6.07, 6.45) is 0. The van der Waals surface area contributed by atoms with Gasteiger partial charge >= 0.3 is 12.0 Å². The molecule has 0 aromatic rings. The molecular weight excluding hydrogens is 204 g/mol. The molecule has 0 spiro atoms. The van der Waals surface area contributed by atoms with Crippen LogP contribution in [0.1, 0.15) is 6.92 Å². The van der Waals surface area contributed by atoms with Crippen LogP contribution in [0.25, 0.3) is 0 Å². The van der Waals surface area contributed by atoms with Crippen LogP contribution in [0.3, 0.4) is 0 Å². The molecule has 0 radical (unpaired) electrons. The third kappa shape index (κ3) is 5.87. The maximum absolute atomic E-state index is 11.0. The predicted octanol–water partition coefficient (Wildman–Crippen LogP) is -1.23. The van der Waals surface area contributed by atoms with Gasteiger partial charge in [0, 0.05) is 13.7 Å². The first-order valence-electron chi connectivity index (χ1n) is 4.36. The molecule has 88 valence electrons. The van der Waals surface area contributed by atoms with Crippen LogP contribution in [-0.2, 0) is 9.53 Å². The topological polar surface area (TPSA) is 108 Å². The van der Waals surface area contributed by atoms with Crippen LogP contribution in [0.15, 0.2) is 0 Å². The minimum atomic E-state index is -1.96. The van der Waals surface area contributed by atoms with Crippen LogP contribution < -0.4 is 10.6 Å². The molecule has 2 amide bonds. The number of hydrogen-bond donors (Lipinski definition) is 4. The number of aliphatic hydroxyl groups is 1. The van der Waals surface area contributed by atoms with Crippen LogP contribution in [-0.4, -0.2) is 54.6 Å². The smallest absolute Gasteiger partial charge is 0.337 e. The lowest BCUT2D eigenvalue weighted by Gasteiger charge is -2.18. The number of hydrogen-bond acceptors (Lipinski definition) is 4. The van der Waals surface area contributed by atoms with E-state index in [1.807, 2.05) is 0 Å². The van der Waals surface area contributed by atoms with E-state index in [4.69, 9.17) is 5.11 Å². The van der Waals surface area contributed by atoms with Gasteiger partial charge in [0.25, 0.3) is 0 Å². The zero-order valence-electron chi connectivity index (χ0n) is 8.74. The molecule has 0 saturated heterocycles. The van der Waals surface area contributed by atoms with Crippen LogP contribution in [0, 0.1) is 0 Å². The third-order valence-electron chi connectivity index (χ3n) is 1.65. The zero-order chi connectivity index (χ0) is 11.9. The van der Waals surface area contributed by atoms with Crippen molar-refractivity contribution in [2.45, 2.75) is 12.5 Å². The number of carboxylic acid groups (broad SMARTS) is 1. The number of ether oxygens (including phenoxy) is 1. The van der Waals surface area contributed by atoms with E-state index in [1.54, 1.807) is 0 Å². The van der Waals surface area contributed by atoms with Gasteiger partial charge in [-0.15, -0.1) is 0 Å². The van der Waals surface area contributed by atoms with Crippen LogP contribution in [0.5, 0.6) is 0 Å². The highest BCUT2D eigenvalue weighted by Crippen LogP contribution is 2.00. The van der Waals surface area contributed by atoms with E-state index in [1.165, 1.54) is 7.11 Å². The highest BCUT2D eigenvalue weighted by atomic mass is 16.5. The molecule has 0 aliphatic heterocycles. The molecule has 4 N–H and O–H groups in total. The minimum Gasteiger partial charge on any atom is -0.479 e. The Morgan fingerprint density at radius 2 is 2.00 bits per heavy atom. The van der Waals surface area contributed by atoms with Gasteiger partial charge in [0.1, 0.15) is 0 Å². The number of rotatable bonds is 6. The van der Waals surface area contributed by atoms with Crippen molar-refractivity contribution in [2.75, 3.05) is 26.8 Å². The number of carbonyl (C=O) groups is 2. The quantitative estimate of drug-likeness (QED) is 0.419. The van der Waals surface area contributed by atoms with E-state index in [-0.39, 0.29) is 6.54 Å². The fourth-order valence-corrected chi connectivity index (χ4v) is 0.657. The first-order chi connectivity index (χ1) is 6.90. The van der Waals surface area contributed by atoms with E-state index < -0.39 is 17.6 Å². The monoisotopic (exact) mass is 220 g/mol. The molecule has 0 aliphatic rings. The largest absolute Gasteiger partial charge is 0.479 e. The van der Waals surface area contributed by atoms with Gasteiger partial charge in [0.05, 0.1) is 13.2 Å². The Hall–Kier alpha value is -1.34. The second-order valence-electron chi connectivity index (χ2n) is 3.18. The van der Waals surface area contributed by atoms with E-state index in [0.29, 0.717) is 13.2 Å². The first-order valence-corrected chi connectivity index (χ1v) is 4.36. The maximum Gasteiger partial charge on any atom is 0.337 e. The van der Waals surface area contributed by atoms with Crippen molar-refractivity contribution in [3.8, 4) is 0 Å². The zero-order valence-corrected chi connectivity index (χ0v) is 8.74. The van der Waals surface area contributed by atoms with Crippen molar-refractivity contribution in [1.29, 1.82) is 0 Å². The molecule has 1 unspecified atom stereocenters. The lowest BCUT2D eigenvalue weighted by atomic mass is 10.1. The highest BCUT2D eigenvalue weighted by Gasteiger charge is 2.30. The average Bonchev–Trinajstić information content (AvgIpc) is 2.15. The second-order valence-corrected chi connectivity index (χ2v) is 3.18. The van der Waals surface area contributed by atoms with Gasteiger partial charge in [0.15, 0.2) is 5.60 Å². The van der Waals surface area contributed by atoms with Crippen LogP contribution in [0.4, 0.5) is 4.79 Å². The van der Waals surface area contributed by atoms with Crippen molar-refractivity contribution < 1.29 is 24.5 Å². The summed E-state index contributed by atoms with van der Waals surface area (Å²) >= 11 is 0. The fourth-order valence-electron chi connectivity index (χ4n) is 0.657. The summed E-state index contributed by atoms with van der Waals surface area (Å²) in [6, 6.07) is -0.548. The van der Waals surface area contributed by atoms with E-state index in [9.17, 15) is 14.7 Å². The first kappa shape index (κ1) is 13.7. The van der Waals surface area contributed by atoms with Crippen molar-refractivity contribution >= 4 is 12.0 Å². The number of nitrogens with one attached hydrogen (secondary N) is 2. The molecule has 15 heavy (non-hydrogen) atoms. The molecule has 0 aliphatic carbocycles. The number of methoxy groups -OCH3 is 1. The van der Waals surface area contributed by atoms with Gasteiger partial charge in [-0.1, -0.05) is 0 Å². The molecule has 0 aromatic heterocycles. The van der Waals surface area contributed by atoms with Gasteiger partial charge in [-0.05, 0) is 6.92 Å². The number of carbonyl (C=O) groups excluding carboxylic acids is 1. The van der Waals surface area contributed by atoms with E-state index >= 15 is 0 Å². The highest BCUT2D eigenvalue weighted by molar-refractivity contribution is 5.79. The van der Waals surface area contributed by atoms with Gasteiger partial charge < -0.3 is 25.6 Å². The third-order valence-corrected chi connectivity index (χ3v) is 1.65. The molecular formula is C8H16N2O5. The van der Waals surface area contributed by atoms with Crippen molar-refractivity contribution in [1.82, 2.24) is 10.6 Å². The van der Waals surface area contributed by atoms with Crippen molar-refractivity contribution in [2.24, 2.45) is 0 Å². The normalized spacial score (nSPS) is 14.1. The van der Waals surface area contributed by atoms with E-state index in [2.05, 4.69) is 15.4 Å². The van der Waals surface area contributed by atoms with Crippen molar-refractivity contribution in [3.05, 3.63) is 0 Å². The van der Waals surface area contributed by atoms with Crippen molar-refractivity contribution in [3.63, 3.8) is 0 Å². The Kier molecular flexibility index (Phi) is 5.65. The predicted molar refractivity (Wildman–Crippen MR) is 51.5 cm³/mol. The summed E-state index contributed by atoms with van der Waals surface area (Å²) in [7, 11) is 1.49. The SMILES string of the molecule is COCCNC(=O)NCC(C)(O)C(=O)O. The Labute approximate surface area is 87.4 Å². The average molecular weight is 220 g/mol. The molecule has 0 aromatic carbocycles. The van der Waals surface area contributed by atoms with Gasteiger partial charge in [-0.25, -0.2) is 9.59 Å². The summed E-state index contributed by atoms with van der Waals surface area (Å²) in [5.41, 5.74) is -1.96. The summed E-state index contributed by atoms with van der Waals surface area (Å²) in [6.45, 7) is 1.42. The molecule has 0 heterocycles. The molecule has 7 heteroatoms. The standard InChI is InChI=1S/C8H16N2O5/c1-8(14,6(11)12)5-10-7(13)9-3-4-15-2/h14H,3-5H2,1-2H3,(H,11,12)(H2,9,10,13). The number of aliphatic carboxylic acids is 1. The Bertz CT molecular complexity index is 229. The lowest BCUT2D eigenvalue weighted by molar-refractivity contribution is -0.155. The summed E-state index contributed by atoms with van der Waals surface area (Å²) in [4.78, 5) is 21.5. The van der Waals surface area contributed by atoms with Gasteiger partial charge in [-0.2, -0.15) is 0 Å². The van der Waals surface area contributed by atoms with Crippen LogP contribution >= 0.6 is 0 Å². The number of amides is 2. The molecule has 1 atom stereocenters. The number of urea groups is 1. The lowest BCUT2D eigenvalue weighted by Crippen LogP contribution is -2.49. The molecule has 0 bridgehead atoms. The Balaban J connectivity index is 3.75. The minimum absolute atomic E-state index is 0.317. The summed E-state index contributed by atoms with van der Waals surface area (Å²) in [5.74, 6) is -1.39. The summed E-state index contributed by atoms with van der Waals surface area (Å²) in [5, 5.41) is 22.4. The summed E-state index contributed by atoms with van der Waals surface area (Å²) < 4.78 is 4.69.